The summed E-state index contributed by atoms with van der Waals surface area (Å²) in [7, 11) is -0.806. The van der Waals surface area contributed by atoms with Crippen LogP contribution in [0.2, 0.25) is 0 Å². The second kappa shape index (κ2) is 10.0. The number of halogens is 3. The second-order valence-corrected chi connectivity index (χ2v) is 9.96. The van der Waals surface area contributed by atoms with Crippen molar-refractivity contribution in [2.24, 2.45) is 0 Å². The molecule has 1 aliphatic heterocycles. The number of likely N-dealkylation sites (tertiary alicyclic amines) is 1. The van der Waals surface area contributed by atoms with Gasteiger partial charge in [-0.25, -0.2) is 12.7 Å². The number of carbonyl (C=O) groups is 1. The highest BCUT2D eigenvalue weighted by Crippen LogP contribution is 2.26. The van der Waals surface area contributed by atoms with Crippen molar-refractivity contribution in [1.82, 2.24) is 9.21 Å². The standard InChI is InChI=1S/C22H25F3N2O5S/c1-26(2)33(29,30)20-8-3-5-16(13-20)21(28)27-11-9-17(10-12-27)32-19-7-4-6-18(14-19)31-15-22(23,24)25/h3-8,13-14,17H,9-12,15H2,1-2H3. The Kier molecular flexibility index (Phi) is 7.53. The number of hydrogen-bond acceptors (Lipinski definition) is 5. The largest absolute Gasteiger partial charge is 0.490 e. The van der Waals surface area contributed by atoms with E-state index in [1.54, 1.807) is 23.1 Å². The third kappa shape index (κ3) is 6.61. The summed E-state index contributed by atoms with van der Waals surface area (Å²) in [6.07, 6.45) is -3.59. The lowest BCUT2D eigenvalue weighted by molar-refractivity contribution is -0.153. The molecule has 1 aliphatic rings. The molecule has 0 unspecified atom stereocenters. The Morgan fingerprint density at radius 1 is 1.06 bits per heavy atom. The molecule has 11 heteroatoms. The molecular formula is C22H25F3N2O5S. The molecule has 0 radical (unpaired) electrons. The van der Waals surface area contributed by atoms with E-state index in [2.05, 4.69) is 0 Å². The monoisotopic (exact) mass is 486 g/mol. The number of benzene rings is 2. The molecule has 180 valence electrons. The summed E-state index contributed by atoms with van der Waals surface area (Å²) in [5.41, 5.74) is 0.284. The molecule has 0 aromatic heterocycles. The van der Waals surface area contributed by atoms with Crippen LogP contribution in [-0.4, -0.2) is 69.6 Å². The van der Waals surface area contributed by atoms with E-state index in [1.165, 1.54) is 44.4 Å². The normalized spacial score (nSPS) is 15.5. The number of piperidine rings is 1. The molecule has 0 atom stereocenters. The molecule has 3 rings (SSSR count). The van der Waals surface area contributed by atoms with Gasteiger partial charge >= 0.3 is 6.18 Å². The van der Waals surface area contributed by atoms with Crippen molar-refractivity contribution < 1.29 is 35.9 Å². The van der Waals surface area contributed by atoms with Crippen LogP contribution in [-0.2, 0) is 10.0 Å². The number of rotatable bonds is 7. The summed E-state index contributed by atoms with van der Waals surface area (Å²) in [4.78, 5) is 14.6. The van der Waals surface area contributed by atoms with E-state index in [1.807, 2.05) is 0 Å². The predicted molar refractivity (Wildman–Crippen MR) is 115 cm³/mol. The van der Waals surface area contributed by atoms with Crippen LogP contribution in [0.4, 0.5) is 13.2 Å². The van der Waals surface area contributed by atoms with Crippen molar-refractivity contribution in [1.29, 1.82) is 0 Å². The average Bonchev–Trinajstić information content (AvgIpc) is 2.77. The van der Waals surface area contributed by atoms with Crippen molar-refractivity contribution in [3.8, 4) is 11.5 Å². The Balaban J connectivity index is 1.58. The Bertz CT molecular complexity index is 1080. The molecule has 0 spiro atoms. The van der Waals surface area contributed by atoms with Crippen LogP contribution in [0.5, 0.6) is 11.5 Å². The van der Waals surface area contributed by atoms with Gasteiger partial charge in [0.25, 0.3) is 5.91 Å². The lowest BCUT2D eigenvalue weighted by Crippen LogP contribution is -2.41. The van der Waals surface area contributed by atoms with Gasteiger partial charge in [0.1, 0.15) is 17.6 Å². The van der Waals surface area contributed by atoms with E-state index >= 15 is 0 Å². The number of alkyl halides is 3. The summed E-state index contributed by atoms with van der Waals surface area (Å²) in [6, 6.07) is 11.9. The number of amides is 1. The van der Waals surface area contributed by atoms with Gasteiger partial charge in [-0.15, -0.1) is 0 Å². The van der Waals surface area contributed by atoms with Gasteiger partial charge in [-0.2, -0.15) is 13.2 Å². The van der Waals surface area contributed by atoms with E-state index in [0.717, 1.165) is 4.31 Å². The zero-order chi connectivity index (χ0) is 24.2. The van der Waals surface area contributed by atoms with Crippen LogP contribution in [0.3, 0.4) is 0 Å². The Morgan fingerprint density at radius 2 is 1.70 bits per heavy atom. The smallest absolute Gasteiger partial charge is 0.422 e. The van der Waals surface area contributed by atoms with Crippen molar-refractivity contribution in [2.45, 2.75) is 30.0 Å². The minimum absolute atomic E-state index is 0.0455. The maximum Gasteiger partial charge on any atom is 0.422 e. The van der Waals surface area contributed by atoms with Gasteiger partial charge in [0, 0.05) is 51.7 Å². The number of hydrogen-bond donors (Lipinski definition) is 0. The fraction of sp³-hybridized carbons (Fsp3) is 0.409. The molecule has 0 aliphatic carbocycles. The van der Waals surface area contributed by atoms with E-state index in [4.69, 9.17) is 9.47 Å². The number of sulfonamides is 1. The molecule has 7 nitrogen and oxygen atoms in total. The first-order chi connectivity index (χ1) is 15.5. The van der Waals surface area contributed by atoms with Gasteiger partial charge in [0.2, 0.25) is 10.0 Å². The van der Waals surface area contributed by atoms with E-state index in [0.29, 0.717) is 31.7 Å². The first-order valence-electron chi connectivity index (χ1n) is 10.2. The third-order valence-corrected chi connectivity index (χ3v) is 6.91. The summed E-state index contributed by atoms with van der Waals surface area (Å²) < 4.78 is 73.4. The third-order valence-electron chi connectivity index (χ3n) is 5.10. The zero-order valence-electron chi connectivity index (χ0n) is 18.2. The van der Waals surface area contributed by atoms with Crippen molar-refractivity contribution in [2.75, 3.05) is 33.8 Å². The predicted octanol–water partition coefficient (Wildman–Crippen LogP) is 3.56. The maximum absolute atomic E-state index is 12.9. The highest BCUT2D eigenvalue weighted by atomic mass is 32.2. The minimum atomic E-state index is -4.42. The van der Waals surface area contributed by atoms with Crippen LogP contribution in [0.1, 0.15) is 23.2 Å². The fourth-order valence-corrected chi connectivity index (χ4v) is 4.30. The highest BCUT2D eigenvalue weighted by Gasteiger charge is 2.29. The number of carbonyl (C=O) groups excluding carboxylic acids is 1. The molecule has 0 saturated carbocycles. The molecule has 1 amide bonds. The highest BCUT2D eigenvalue weighted by molar-refractivity contribution is 7.89. The number of ether oxygens (including phenoxy) is 2. The summed E-state index contributed by atoms with van der Waals surface area (Å²) in [5, 5.41) is 0. The van der Waals surface area contributed by atoms with Crippen LogP contribution in [0.25, 0.3) is 0 Å². The average molecular weight is 487 g/mol. The van der Waals surface area contributed by atoms with Gasteiger partial charge in [-0.3, -0.25) is 4.79 Å². The topological polar surface area (TPSA) is 76.2 Å². The molecule has 33 heavy (non-hydrogen) atoms. The van der Waals surface area contributed by atoms with E-state index in [-0.39, 0.29) is 28.2 Å². The minimum Gasteiger partial charge on any atom is -0.490 e. The van der Waals surface area contributed by atoms with Gasteiger partial charge < -0.3 is 14.4 Å². The molecule has 0 N–H and O–H groups in total. The van der Waals surface area contributed by atoms with E-state index < -0.39 is 22.8 Å². The van der Waals surface area contributed by atoms with Crippen molar-refractivity contribution in [3.05, 3.63) is 54.1 Å². The van der Waals surface area contributed by atoms with Crippen molar-refractivity contribution >= 4 is 15.9 Å². The van der Waals surface area contributed by atoms with Gasteiger partial charge in [0.15, 0.2) is 6.61 Å². The fourth-order valence-electron chi connectivity index (χ4n) is 3.35. The molecular weight excluding hydrogens is 461 g/mol. The molecule has 1 heterocycles. The number of nitrogens with zero attached hydrogens (tertiary/aromatic N) is 2. The SMILES string of the molecule is CN(C)S(=O)(=O)c1cccc(C(=O)N2CCC(Oc3cccc(OCC(F)(F)F)c3)CC2)c1. The van der Waals surface area contributed by atoms with Crippen LogP contribution >= 0.6 is 0 Å². The first-order valence-corrected chi connectivity index (χ1v) is 11.7. The maximum atomic E-state index is 12.9. The summed E-state index contributed by atoms with van der Waals surface area (Å²) in [5.74, 6) is 0.179. The van der Waals surface area contributed by atoms with Crippen LogP contribution in [0.15, 0.2) is 53.4 Å². The molecule has 0 bridgehead atoms. The Labute approximate surface area is 190 Å². The van der Waals surface area contributed by atoms with E-state index in [9.17, 15) is 26.4 Å². The van der Waals surface area contributed by atoms with Crippen LogP contribution in [0, 0.1) is 0 Å². The lowest BCUT2D eigenvalue weighted by atomic mass is 10.1. The summed E-state index contributed by atoms with van der Waals surface area (Å²) >= 11 is 0. The zero-order valence-corrected chi connectivity index (χ0v) is 19.0. The van der Waals surface area contributed by atoms with Gasteiger partial charge in [-0.05, 0) is 30.3 Å². The summed E-state index contributed by atoms with van der Waals surface area (Å²) in [6.45, 7) is -0.579. The molecule has 1 saturated heterocycles. The second-order valence-electron chi connectivity index (χ2n) is 7.80. The molecule has 2 aromatic carbocycles. The molecule has 1 fully saturated rings. The lowest BCUT2D eigenvalue weighted by Gasteiger charge is -2.32. The Morgan fingerprint density at radius 3 is 2.33 bits per heavy atom. The van der Waals surface area contributed by atoms with Crippen molar-refractivity contribution in [3.63, 3.8) is 0 Å². The quantitative estimate of drug-likeness (QED) is 0.598. The van der Waals surface area contributed by atoms with Gasteiger partial charge in [-0.1, -0.05) is 12.1 Å². The van der Waals surface area contributed by atoms with Crippen LogP contribution < -0.4 is 9.47 Å². The van der Waals surface area contributed by atoms with Gasteiger partial charge in [0.05, 0.1) is 4.90 Å². The molecule has 2 aromatic rings. The Hall–Kier alpha value is -2.79. The first kappa shape index (κ1) is 24.8.